The molecule has 1 aliphatic rings. The van der Waals surface area contributed by atoms with Crippen molar-refractivity contribution in [3.63, 3.8) is 0 Å². The Hall–Kier alpha value is -3.06. The van der Waals surface area contributed by atoms with E-state index in [1.165, 1.54) is 22.3 Å². The lowest BCUT2D eigenvalue weighted by atomic mass is 9.69. The van der Waals surface area contributed by atoms with Crippen LogP contribution >= 0.6 is 0 Å². The van der Waals surface area contributed by atoms with Crippen molar-refractivity contribution in [3.8, 4) is 28.0 Å². The second kappa shape index (κ2) is 7.57. The van der Waals surface area contributed by atoms with E-state index < -0.39 is 0 Å². The van der Waals surface area contributed by atoms with Gasteiger partial charge in [-0.15, -0.1) is 0 Å². The van der Waals surface area contributed by atoms with Crippen LogP contribution in [0.15, 0.2) is 78.9 Å². The average Bonchev–Trinajstić information content (AvgIpc) is 3.03. The van der Waals surface area contributed by atoms with Crippen LogP contribution < -0.4 is 0 Å². The summed E-state index contributed by atoms with van der Waals surface area (Å²) in [5.41, 5.74) is 7.70. The fraction of sp³-hybridized carbons (Fsp3) is 0.267. The number of benzene rings is 4. The van der Waals surface area contributed by atoms with E-state index in [9.17, 15) is 5.11 Å². The summed E-state index contributed by atoms with van der Waals surface area (Å²) in [4.78, 5) is 0. The zero-order valence-corrected chi connectivity index (χ0v) is 18.7. The molecule has 0 heterocycles. The molecule has 0 amide bonds. The lowest BCUT2D eigenvalue weighted by molar-refractivity contribution is 0.377. The third-order valence-corrected chi connectivity index (χ3v) is 6.90. The van der Waals surface area contributed by atoms with E-state index in [0.29, 0.717) is 11.7 Å². The maximum atomic E-state index is 10.9. The van der Waals surface area contributed by atoms with Crippen molar-refractivity contribution in [3.05, 3.63) is 90.0 Å². The van der Waals surface area contributed by atoms with Crippen LogP contribution in [0.2, 0.25) is 0 Å². The predicted molar refractivity (Wildman–Crippen MR) is 132 cm³/mol. The van der Waals surface area contributed by atoms with Gasteiger partial charge >= 0.3 is 0 Å². The third-order valence-electron chi connectivity index (χ3n) is 6.90. The van der Waals surface area contributed by atoms with Gasteiger partial charge in [-0.25, -0.2) is 0 Å². The van der Waals surface area contributed by atoms with Crippen LogP contribution in [-0.4, -0.2) is 5.11 Å². The number of phenols is 1. The standard InChI is InChI=1S/C30H30O/c1-4-17-30(19-20(2)3)26-12-8-7-11-24(26)25-15-13-22(18-27(25)30)29-23-10-6-5-9-21(23)14-16-28(29)31/h5-16,18,20,31H,4,17,19H2,1-3H3. The lowest BCUT2D eigenvalue weighted by Gasteiger charge is -2.34. The molecule has 0 radical (unpaired) electrons. The lowest BCUT2D eigenvalue weighted by Crippen LogP contribution is -2.27. The van der Waals surface area contributed by atoms with Crippen molar-refractivity contribution in [2.45, 2.75) is 45.4 Å². The summed E-state index contributed by atoms with van der Waals surface area (Å²) >= 11 is 0. The quantitative estimate of drug-likeness (QED) is 0.353. The summed E-state index contributed by atoms with van der Waals surface area (Å²) in [6.45, 7) is 6.96. The minimum Gasteiger partial charge on any atom is -0.507 e. The van der Waals surface area contributed by atoms with E-state index in [2.05, 4.69) is 87.5 Å². The van der Waals surface area contributed by atoms with E-state index in [-0.39, 0.29) is 5.41 Å². The van der Waals surface area contributed by atoms with Crippen molar-refractivity contribution < 1.29 is 5.11 Å². The number of hydrogen-bond donors (Lipinski definition) is 1. The summed E-state index contributed by atoms with van der Waals surface area (Å²) in [6, 6.07) is 27.9. The van der Waals surface area contributed by atoms with Gasteiger partial charge in [-0.3, -0.25) is 0 Å². The zero-order chi connectivity index (χ0) is 21.6. The van der Waals surface area contributed by atoms with E-state index in [0.717, 1.165) is 41.2 Å². The number of aromatic hydroxyl groups is 1. The van der Waals surface area contributed by atoms with Crippen molar-refractivity contribution in [2.24, 2.45) is 5.92 Å². The van der Waals surface area contributed by atoms with E-state index >= 15 is 0 Å². The highest BCUT2D eigenvalue weighted by atomic mass is 16.3. The maximum absolute atomic E-state index is 10.9. The Labute approximate surface area is 185 Å². The summed E-state index contributed by atoms with van der Waals surface area (Å²) in [6.07, 6.45) is 3.42. The summed E-state index contributed by atoms with van der Waals surface area (Å²) in [7, 11) is 0. The van der Waals surface area contributed by atoms with E-state index in [1.54, 1.807) is 0 Å². The molecular weight excluding hydrogens is 376 g/mol. The number of phenolic OH excluding ortho intramolecular Hbond substituents is 1. The average molecular weight is 407 g/mol. The first kappa shape index (κ1) is 19.9. The molecule has 1 atom stereocenters. The Bertz CT molecular complexity index is 1270. The van der Waals surface area contributed by atoms with Gasteiger partial charge < -0.3 is 5.11 Å². The Balaban J connectivity index is 1.79. The molecule has 4 aromatic carbocycles. The number of fused-ring (bicyclic) bond motifs is 4. The Morgan fingerprint density at radius 1 is 0.806 bits per heavy atom. The largest absolute Gasteiger partial charge is 0.507 e. The first-order chi connectivity index (χ1) is 15.0. The molecule has 156 valence electrons. The smallest absolute Gasteiger partial charge is 0.124 e. The van der Waals surface area contributed by atoms with Crippen molar-refractivity contribution >= 4 is 10.8 Å². The molecule has 0 bridgehead atoms. The second-order valence-electron chi connectivity index (χ2n) is 9.42. The minimum absolute atomic E-state index is 0.0328. The minimum atomic E-state index is 0.0328. The van der Waals surface area contributed by atoms with Gasteiger partial charge in [0.1, 0.15) is 5.75 Å². The van der Waals surface area contributed by atoms with Gasteiger partial charge in [0.05, 0.1) is 0 Å². The molecule has 4 aromatic rings. The second-order valence-corrected chi connectivity index (χ2v) is 9.42. The maximum Gasteiger partial charge on any atom is 0.124 e. The molecule has 1 heteroatoms. The molecule has 0 saturated heterocycles. The molecule has 0 fully saturated rings. The molecule has 1 unspecified atom stereocenters. The molecule has 0 spiro atoms. The summed E-state index contributed by atoms with van der Waals surface area (Å²) in [5, 5.41) is 13.1. The van der Waals surface area contributed by atoms with Gasteiger partial charge in [0.2, 0.25) is 0 Å². The first-order valence-corrected chi connectivity index (χ1v) is 11.5. The van der Waals surface area contributed by atoms with Gasteiger partial charge in [-0.2, -0.15) is 0 Å². The summed E-state index contributed by atoms with van der Waals surface area (Å²) in [5.74, 6) is 0.944. The highest BCUT2D eigenvalue weighted by Gasteiger charge is 2.42. The van der Waals surface area contributed by atoms with Crippen LogP contribution in [0.5, 0.6) is 5.75 Å². The van der Waals surface area contributed by atoms with Crippen LogP contribution in [0.3, 0.4) is 0 Å². The van der Waals surface area contributed by atoms with E-state index in [4.69, 9.17) is 0 Å². The monoisotopic (exact) mass is 406 g/mol. The predicted octanol–water partition coefficient (Wildman–Crippen LogP) is 8.33. The molecule has 0 aliphatic heterocycles. The molecule has 31 heavy (non-hydrogen) atoms. The van der Waals surface area contributed by atoms with Gasteiger partial charge in [-0.1, -0.05) is 93.9 Å². The fourth-order valence-corrected chi connectivity index (χ4v) is 5.89. The van der Waals surface area contributed by atoms with Gasteiger partial charge in [0, 0.05) is 11.0 Å². The SMILES string of the molecule is CCCC1(CC(C)C)c2ccccc2-c2ccc(-c3c(O)ccc4ccccc34)cc21. The van der Waals surface area contributed by atoms with Gasteiger partial charge in [-0.05, 0) is 69.5 Å². The van der Waals surface area contributed by atoms with Crippen LogP contribution in [0.25, 0.3) is 33.0 Å². The van der Waals surface area contributed by atoms with Gasteiger partial charge in [0.15, 0.2) is 0 Å². The van der Waals surface area contributed by atoms with Crippen molar-refractivity contribution in [2.75, 3.05) is 0 Å². The first-order valence-electron chi connectivity index (χ1n) is 11.5. The normalized spacial score (nSPS) is 17.2. The van der Waals surface area contributed by atoms with Crippen molar-refractivity contribution in [1.82, 2.24) is 0 Å². The number of rotatable bonds is 5. The molecule has 5 rings (SSSR count). The fourth-order valence-electron chi connectivity index (χ4n) is 5.89. The van der Waals surface area contributed by atoms with Crippen molar-refractivity contribution in [1.29, 1.82) is 0 Å². The molecule has 0 saturated carbocycles. The van der Waals surface area contributed by atoms with Crippen LogP contribution in [0.4, 0.5) is 0 Å². The van der Waals surface area contributed by atoms with Gasteiger partial charge in [0.25, 0.3) is 0 Å². The highest BCUT2D eigenvalue weighted by molar-refractivity contribution is 6.00. The summed E-state index contributed by atoms with van der Waals surface area (Å²) < 4.78 is 0. The molecule has 1 aliphatic carbocycles. The third kappa shape index (κ3) is 3.07. The van der Waals surface area contributed by atoms with Crippen LogP contribution in [0, 0.1) is 5.92 Å². The zero-order valence-electron chi connectivity index (χ0n) is 18.7. The Morgan fingerprint density at radius 3 is 2.35 bits per heavy atom. The van der Waals surface area contributed by atoms with E-state index in [1.807, 2.05) is 12.1 Å². The molecule has 1 nitrogen and oxygen atoms in total. The molecule has 0 aromatic heterocycles. The van der Waals surface area contributed by atoms with Crippen LogP contribution in [-0.2, 0) is 5.41 Å². The molecule has 1 N–H and O–H groups in total. The highest BCUT2D eigenvalue weighted by Crippen LogP contribution is 2.55. The molecular formula is C30H30O. The number of hydrogen-bond acceptors (Lipinski definition) is 1. The Morgan fingerprint density at radius 2 is 1.55 bits per heavy atom. The topological polar surface area (TPSA) is 20.2 Å². The van der Waals surface area contributed by atoms with Crippen LogP contribution in [0.1, 0.15) is 51.2 Å². The Kier molecular flexibility index (Phi) is 4.85.